The minimum absolute atomic E-state index is 0.0849. The van der Waals surface area contributed by atoms with Crippen molar-refractivity contribution in [3.05, 3.63) is 62.5 Å². The number of carbonyl (C=O) groups excluding carboxylic acids is 1. The highest BCUT2D eigenvalue weighted by molar-refractivity contribution is 5.99. The molecule has 44 heavy (non-hydrogen) atoms. The fourth-order valence-electron chi connectivity index (χ4n) is 6.25. The maximum atomic E-state index is 13.9. The molecule has 0 amide bonds. The minimum Gasteiger partial charge on any atom is -0.478 e. The van der Waals surface area contributed by atoms with Gasteiger partial charge in [-0.1, -0.05) is 122 Å². The zero-order valence-corrected chi connectivity index (χ0v) is 27.6. The van der Waals surface area contributed by atoms with Crippen molar-refractivity contribution in [3.63, 3.8) is 0 Å². The van der Waals surface area contributed by atoms with Crippen LogP contribution in [0.2, 0.25) is 0 Å². The molecule has 0 saturated heterocycles. The number of nitro groups is 1. The molecule has 1 aromatic rings. The number of carbonyl (C=O) groups is 2. The van der Waals surface area contributed by atoms with Crippen LogP contribution in [0.4, 0.5) is 5.69 Å². The molecule has 8 nitrogen and oxygen atoms in total. The Balaban J connectivity index is 2.13. The summed E-state index contributed by atoms with van der Waals surface area (Å²) in [5.74, 6) is -2.95. The molecular formula is C36H56N2O6. The van der Waals surface area contributed by atoms with Crippen molar-refractivity contribution in [2.45, 2.75) is 155 Å². The number of carboxylic acid groups (broad SMARTS) is 1. The van der Waals surface area contributed by atoms with Gasteiger partial charge in [-0.2, -0.15) is 0 Å². The van der Waals surface area contributed by atoms with Crippen molar-refractivity contribution in [1.82, 2.24) is 5.32 Å². The van der Waals surface area contributed by atoms with Crippen LogP contribution in [0.3, 0.4) is 0 Å². The number of aliphatic carboxylic acids is 1. The summed E-state index contributed by atoms with van der Waals surface area (Å²) < 4.78 is 6.15. The highest BCUT2D eigenvalue weighted by Gasteiger charge is 2.40. The number of hydrogen-bond acceptors (Lipinski definition) is 6. The van der Waals surface area contributed by atoms with Crippen LogP contribution in [0.1, 0.15) is 155 Å². The lowest BCUT2D eigenvalue weighted by Crippen LogP contribution is -2.33. The lowest BCUT2D eigenvalue weighted by Gasteiger charge is -2.30. The molecule has 2 rings (SSSR count). The predicted molar refractivity (Wildman–Crippen MR) is 176 cm³/mol. The Kier molecular flexibility index (Phi) is 17.4. The highest BCUT2D eigenvalue weighted by Crippen LogP contribution is 2.42. The van der Waals surface area contributed by atoms with Crippen LogP contribution in [0.5, 0.6) is 0 Å². The fraction of sp³-hybridized carbons (Fsp3) is 0.667. The molecule has 0 spiro atoms. The number of unbranched alkanes of at least 4 members (excludes halogenated alkanes) is 14. The average Bonchev–Trinajstić information content (AvgIpc) is 2.98. The van der Waals surface area contributed by atoms with Gasteiger partial charge in [-0.25, -0.2) is 9.59 Å². The van der Waals surface area contributed by atoms with Crippen LogP contribution in [0.15, 0.2) is 46.8 Å². The van der Waals surface area contributed by atoms with Crippen LogP contribution >= 0.6 is 0 Å². The summed E-state index contributed by atoms with van der Waals surface area (Å²) in [6.07, 6.45) is 20.4. The van der Waals surface area contributed by atoms with E-state index in [2.05, 4.69) is 19.2 Å². The molecule has 246 valence electrons. The van der Waals surface area contributed by atoms with E-state index < -0.39 is 22.8 Å². The van der Waals surface area contributed by atoms with E-state index >= 15 is 0 Å². The standard InChI is InChI=1S/C36H56N2O6/c1-5-7-9-11-12-13-14-15-16-18-20-24-29(23-19-17-10-8-6-2)44-36(41)33-28(4)37-27(3)32(35(39)40)34(33)30-25-21-22-26-31(30)38(42)43/h21-22,25-26,29,34,37H,5-20,23-24H2,1-4H3,(H,39,40). The summed E-state index contributed by atoms with van der Waals surface area (Å²) in [5, 5.41) is 25.1. The third-order valence-electron chi connectivity index (χ3n) is 8.69. The van der Waals surface area contributed by atoms with Crippen LogP contribution in [-0.4, -0.2) is 28.1 Å². The Hall–Kier alpha value is -3.16. The molecule has 2 unspecified atom stereocenters. The smallest absolute Gasteiger partial charge is 0.337 e. The molecule has 1 aliphatic rings. The monoisotopic (exact) mass is 612 g/mol. The zero-order valence-electron chi connectivity index (χ0n) is 27.6. The van der Waals surface area contributed by atoms with Gasteiger partial charge in [0.05, 0.1) is 22.0 Å². The van der Waals surface area contributed by atoms with Gasteiger partial charge in [-0.3, -0.25) is 10.1 Å². The largest absolute Gasteiger partial charge is 0.478 e. The summed E-state index contributed by atoms with van der Waals surface area (Å²) in [6.45, 7) is 7.74. The number of nitro benzene ring substituents is 1. The molecule has 0 aliphatic carbocycles. The normalized spacial score (nSPS) is 15.7. The minimum atomic E-state index is -1.23. The summed E-state index contributed by atoms with van der Waals surface area (Å²) in [7, 11) is 0. The van der Waals surface area contributed by atoms with Crippen molar-refractivity contribution < 1.29 is 24.4 Å². The molecule has 2 N–H and O–H groups in total. The molecule has 2 atom stereocenters. The highest BCUT2D eigenvalue weighted by atomic mass is 16.6. The SMILES string of the molecule is CCCCCCCCCCCCCC(CCCCCCC)OC(=O)C1=C(C)NC(C)=C(C(=O)O)C1c1ccccc1[N+](=O)[O-]. The van der Waals surface area contributed by atoms with Crippen LogP contribution < -0.4 is 5.32 Å². The first-order valence-corrected chi connectivity index (χ1v) is 17.1. The van der Waals surface area contributed by atoms with Gasteiger partial charge in [0.25, 0.3) is 5.69 Å². The van der Waals surface area contributed by atoms with E-state index in [1.807, 2.05) is 0 Å². The number of nitrogens with one attached hydrogen (secondary N) is 1. The maximum Gasteiger partial charge on any atom is 0.337 e. The molecule has 1 aromatic carbocycles. The molecular weight excluding hydrogens is 556 g/mol. The third-order valence-corrected chi connectivity index (χ3v) is 8.69. The summed E-state index contributed by atoms with van der Waals surface area (Å²) in [5.41, 5.74) is 0.789. The maximum absolute atomic E-state index is 13.9. The van der Waals surface area contributed by atoms with E-state index in [0.717, 1.165) is 51.4 Å². The Bertz CT molecular complexity index is 1130. The molecule has 1 heterocycles. The predicted octanol–water partition coefficient (Wildman–Crippen LogP) is 9.89. The zero-order chi connectivity index (χ0) is 32.3. The molecule has 1 aliphatic heterocycles. The molecule has 0 aromatic heterocycles. The number of carboxylic acids is 1. The van der Waals surface area contributed by atoms with E-state index in [9.17, 15) is 24.8 Å². The lowest BCUT2D eigenvalue weighted by molar-refractivity contribution is -0.385. The van der Waals surface area contributed by atoms with E-state index in [-0.39, 0.29) is 28.5 Å². The second kappa shape index (κ2) is 20.7. The number of hydrogen-bond donors (Lipinski definition) is 2. The first kappa shape index (κ1) is 37.0. The molecule has 0 fully saturated rings. The van der Waals surface area contributed by atoms with Crippen molar-refractivity contribution >= 4 is 17.6 Å². The number of para-hydroxylation sites is 1. The lowest BCUT2D eigenvalue weighted by atomic mass is 9.79. The number of dihydropyridines is 1. The third kappa shape index (κ3) is 12.1. The number of allylic oxidation sites excluding steroid dienone is 2. The van der Waals surface area contributed by atoms with Gasteiger partial charge in [0, 0.05) is 23.0 Å². The van der Waals surface area contributed by atoms with Gasteiger partial charge in [0.2, 0.25) is 0 Å². The molecule has 0 radical (unpaired) electrons. The number of rotatable bonds is 23. The van der Waals surface area contributed by atoms with Crippen molar-refractivity contribution in [3.8, 4) is 0 Å². The van der Waals surface area contributed by atoms with Gasteiger partial charge in [-0.05, 0) is 39.5 Å². The second-order valence-electron chi connectivity index (χ2n) is 12.3. The Labute approximate surface area is 264 Å². The van der Waals surface area contributed by atoms with Crippen LogP contribution in [0.25, 0.3) is 0 Å². The van der Waals surface area contributed by atoms with E-state index in [0.29, 0.717) is 11.4 Å². The Morgan fingerprint density at radius 3 is 1.73 bits per heavy atom. The fourth-order valence-corrected chi connectivity index (χ4v) is 6.25. The molecule has 8 heteroatoms. The first-order chi connectivity index (χ1) is 21.2. The summed E-state index contributed by atoms with van der Waals surface area (Å²) in [4.78, 5) is 37.7. The number of ether oxygens (including phenoxy) is 1. The van der Waals surface area contributed by atoms with E-state index in [4.69, 9.17) is 4.74 Å². The molecule has 0 saturated carbocycles. The van der Waals surface area contributed by atoms with Crippen LogP contribution in [-0.2, 0) is 14.3 Å². The van der Waals surface area contributed by atoms with Gasteiger partial charge in [-0.15, -0.1) is 0 Å². The number of nitrogens with zero attached hydrogens (tertiary/aromatic N) is 1. The number of esters is 1. The average molecular weight is 613 g/mol. The quantitative estimate of drug-likeness (QED) is 0.0546. The Morgan fingerprint density at radius 2 is 1.25 bits per heavy atom. The van der Waals surface area contributed by atoms with Gasteiger partial charge >= 0.3 is 11.9 Å². The van der Waals surface area contributed by atoms with Gasteiger partial charge in [0.15, 0.2) is 0 Å². The van der Waals surface area contributed by atoms with Gasteiger partial charge in [0.1, 0.15) is 6.10 Å². The second-order valence-corrected chi connectivity index (χ2v) is 12.3. The van der Waals surface area contributed by atoms with Gasteiger partial charge < -0.3 is 15.2 Å². The topological polar surface area (TPSA) is 119 Å². The summed E-state index contributed by atoms with van der Waals surface area (Å²) >= 11 is 0. The van der Waals surface area contributed by atoms with Crippen LogP contribution in [0, 0.1) is 10.1 Å². The Morgan fingerprint density at radius 1 is 0.795 bits per heavy atom. The first-order valence-electron chi connectivity index (χ1n) is 17.1. The van der Waals surface area contributed by atoms with E-state index in [1.165, 1.54) is 82.4 Å². The number of benzene rings is 1. The van der Waals surface area contributed by atoms with Crippen molar-refractivity contribution in [1.29, 1.82) is 0 Å². The molecule has 0 bridgehead atoms. The van der Waals surface area contributed by atoms with Crippen molar-refractivity contribution in [2.24, 2.45) is 0 Å². The van der Waals surface area contributed by atoms with Crippen molar-refractivity contribution in [2.75, 3.05) is 0 Å². The summed E-state index contributed by atoms with van der Waals surface area (Å²) in [6, 6.07) is 6.04. The van der Waals surface area contributed by atoms with E-state index in [1.54, 1.807) is 19.9 Å².